The number of benzene rings is 4. The maximum atomic E-state index is 13.7. The van der Waals surface area contributed by atoms with E-state index in [1.165, 1.54) is 24.3 Å². The molecule has 16 rings (SSSR count). The number of Topliss-reactive ketones (excluding diaryl/α,β-unsaturated/α-hetero) is 2. The van der Waals surface area contributed by atoms with Crippen molar-refractivity contribution in [3.63, 3.8) is 0 Å². The highest BCUT2D eigenvalue weighted by molar-refractivity contribution is 7.59. The smallest absolute Gasteiger partial charge is 0.335 e. The topological polar surface area (TPSA) is 433 Å². The van der Waals surface area contributed by atoms with Gasteiger partial charge in [0.15, 0.2) is 11.6 Å². The summed E-state index contributed by atoms with van der Waals surface area (Å²) in [5.41, 5.74) is 20.8. The molecule has 0 bridgehead atoms. The number of aromatic nitrogens is 16. The molecule has 4 atom stereocenters. The van der Waals surface area contributed by atoms with E-state index in [4.69, 9.17) is 45.4 Å². The number of aromatic carboxylic acids is 2. The third-order valence-corrected chi connectivity index (χ3v) is 20.3. The van der Waals surface area contributed by atoms with Crippen LogP contribution in [-0.4, -0.2) is 161 Å². The normalized spacial score (nSPS) is 15.4. The molecule has 0 aliphatic carbocycles. The van der Waals surface area contributed by atoms with Gasteiger partial charge < -0.3 is 49.8 Å². The number of nitrogens with one attached hydrogen (secondary N) is 2. The number of rotatable bonds is 26. The first-order valence-corrected chi connectivity index (χ1v) is 36.8. The van der Waals surface area contributed by atoms with Crippen molar-refractivity contribution in [1.29, 1.82) is 0 Å². The second-order valence-corrected chi connectivity index (χ2v) is 27.9. The lowest BCUT2D eigenvalue weighted by molar-refractivity contribution is 0.0685. The van der Waals surface area contributed by atoms with Crippen molar-refractivity contribution in [3.05, 3.63) is 177 Å². The predicted octanol–water partition coefficient (Wildman–Crippen LogP) is 10.1. The summed E-state index contributed by atoms with van der Waals surface area (Å²) >= 11 is 0. The molecule has 4 aliphatic rings. The number of amides is 4. The Hall–Kier alpha value is -12.2. The Bertz CT molecular complexity index is 5280. The van der Waals surface area contributed by atoms with Gasteiger partial charge >= 0.3 is 11.9 Å². The number of ether oxygens (including phenoxy) is 4. The van der Waals surface area contributed by atoms with E-state index in [1.807, 2.05) is 98.0 Å². The number of carboxylic acids is 2. The van der Waals surface area contributed by atoms with Crippen LogP contribution in [0.2, 0.25) is 0 Å². The molecule has 0 spiro atoms. The largest absolute Gasteiger partial charge is 0.489 e. The number of carbonyl (C=O) groups is 8. The van der Waals surface area contributed by atoms with E-state index in [9.17, 15) is 48.6 Å². The van der Waals surface area contributed by atoms with Crippen LogP contribution in [0.25, 0.3) is 44.1 Å². The molecular formula is C78H88N20O14S4. The van der Waals surface area contributed by atoms with Gasteiger partial charge in [0.2, 0.25) is 23.7 Å². The summed E-state index contributed by atoms with van der Waals surface area (Å²) in [5, 5.41) is 43.0. The van der Waals surface area contributed by atoms with Gasteiger partial charge in [0.25, 0.3) is 11.8 Å². The first kappa shape index (κ1) is 84.7. The number of hydrogen-bond donors (Lipinski definition) is 6. The molecule has 0 radical (unpaired) electrons. The Balaban J connectivity index is 0.000000220. The van der Waals surface area contributed by atoms with Gasteiger partial charge in [0, 0.05) is 37.3 Å². The van der Waals surface area contributed by atoms with Crippen molar-refractivity contribution in [2.75, 3.05) is 37.1 Å². The van der Waals surface area contributed by atoms with E-state index in [-0.39, 0.29) is 163 Å². The van der Waals surface area contributed by atoms with Crippen molar-refractivity contribution in [3.8, 4) is 23.0 Å². The number of imidazole rings is 4. The summed E-state index contributed by atoms with van der Waals surface area (Å²) in [6, 6.07) is 18.2. The van der Waals surface area contributed by atoms with Crippen LogP contribution in [0.1, 0.15) is 195 Å². The van der Waals surface area contributed by atoms with Gasteiger partial charge in [-0.05, 0) is 154 Å². The van der Waals surface area contributed by atoms with Gasteiger partial charge in [0.05, 0.1) is 93.0 Å². The Labute approximate surface area is 690 Å². The van der Waals surface area contributed by atoms with Crippen LogP contribution in [0.15, 0.2) is 97.1 Å². The standard InChI is InChI=1S/C39H41N11O6.C39H39N9O8.4H2S/c1-5-47-28(11-20(3)45-47)30(51)17-33-42-26-13-22(36(40)52)15-31-34(26)49(33)24(18-55-31)9-7-8-10-25-19-56-32-16-23(37(41)53)14-27-35(32)50(25)39(43-27)44-38(54)29-12-21(4)46-48(29)6-2;1-5-45-28(11-20(3)43-45)30(49)17-33-40-26-13-22(37(51)52)15-31-34(26)47(33)24(18-55-31)9-7-8-10-25-19-56-32-16-23(38(53)54)14-27-35(32)48(25)39(41-27)42-36(50)29-12-21(4)44-46(29)6-2;;;;/h7-8,11-16,24-25H,5-6,9-10,17-19H2,1-4H3,(H2,40,52)(H2,41,53)(H,43,44,54);7-8,11-16,24-25H,5-6,9-10,17-19H2,1-4H3,(H,51,52)(H,53,54)(H,41,42,50);4*1H2/b2*8-7+;;;;/t2*24-,25-;;;;/m00..../s1. The van der Waals surface area contributed by atoms with Crippen molar-refractivity contribution in [2.24, 2.45) is 11.5 Å². The predicted molar refractivity (Wildman–Crippen MR) is 449 cm³/mol. The third kappa shape index (κ3) is 16.1. The quantitative estimate of drug-likeness (QED) is 0.0217. The molecule has 12 aromatic rings. The molecule has 4 aromatic carbocycles. The van der Waals surface area contributed by atoms with Gasteiger partial charge in [-0.15, -0.1) is 0 Å². The van der Waals surface area contributed by atoms with Gasteiger partial charge in [0.1, 0.15) is 106 Å². The fraction of sp³-hybridized carbons (Fsp3) is 0.333. The van der Waals surface area contributed by atoms with Crippen LogP contribution in [0, 0.1) is 27.7 Å². The third-order valence-electron chi connectivity index (χ3n) is 20.3. The maximum absolute atomic E-state index is 13.7. The van der Waals surface area contributed by atoms with E-state index in [1.54, 1.807) is 67.3 Å². The number of nitrogens with zero attached hydrogens (tertiary/aromatic N) is 16. The van der Waals surface area contributed by atoms with Crippen molar-refractivity contribution in [1.82, 2.24) is 77.3 Å². The molecule has 34 nitrogen and oxygen atoms in total. The zero-order valence-electron chi connectivity index (χ0n) is 64.6. The van der Waals surface area contributed by atoms with Crippen molar-refractivity contribution < 1.29 is 67.5 Å². The van der Waals surface area contributed by atoms with Gasteiger partial charge in [-0.25, -0.2) is 29.5 Å². The number of allylic oxidation sites excluding steroid dienone is 4. The van der Waals surface area contributed by atoms with Crippen LogP contribution >= 0.6 is 54.0 Å². The van der Waals surface area contributed by atoms with E-state index in [0.29, 0.717) is 171 Å². The summed E-state index contributed by atoms with van der Waals surface area (Å²) < 4.78 is 39.0. The maximum Gasteiger partial charge on any atom is 0.335 e. The number of carbonyl (C=O) groups excluding carboxylic acids is 6. The lowest BCUT2D eigenvalue weighted by Crippen LogP contribution is -2.26. The SMILES string of the molecule is CCn1nc(C)cc1C(=O)Cc1nc2cc(C(=O)O)cc3c2n1[C@@H](C/C=C/C[C@H]1COc2cc(C(=O)O)cc4nc(NC(=O)c5cc(C)nn5CC)n1c24)CO3.CCn1nc(C)cc1C(=O)Cc1nc2cc(C(N)=O)cc3c2n1[C@@H](C/C=C/C[C@H]1COc2cc(C(N)=O)cc4nc(NC(=O)c5cc(C)nn5CC)n1c24)CO3.S.S.S.S. The lowest BCUT2D eigenvalue weighted by atomic mass is 10.1. The van der Waals surface area contributed by atoms with Crippen molar-refractivity contribution in [2.45, 2.75) is 144 Å². The van der Waals surface area contributed by atoms with E-state index in [0.717, 1.165) is 11.4 Å². The van der Waals surface area contributed by atoms with Gasteiger partial charge in [-0.1, -0.05) is 24.3 Å². The minimum absolute atomic E-state index is 0. The fourth-order valence-corrected chi connectivity index (χ4v) is 15.3. The molecule has 608 valence electrons. The van der Waals surface area contributed by atoms with E-state index in [2.05, 4.69) is 36.0 Å². The fourth-order valence-electron chi connectivity index (χ4n) is 15.3. The second-order valence-electron chi connectivity index (χ2n) is 27.9. The van der Waals surface area contributed by atoms with Crippen LogP contribution < -0.4 is 41.0 Å². The molecule has 8 N–H and O–H groups in total. The van der Waals surface area contributed by atoms with E-state index >= 15 is 0 Å². The summed E-state index contributed by atoms with van der Waals surface area (Å²) in [5.74, 6) is -1.23. The summed E-state index contributed by atoms with van der Waals surface area (Å²) in [7, 11) is 0. The summed E-state index contributed by atoms with van der Waals surface area (Å²) in [4.78, 5) is 122. The van der Waals surface area contributed by atoms with Crippen LogP contribution in [0.5, 0.6) is 23.0 Å². The average molecular weight is 1660 g/mol. The Morgan fingerprint density at radius 1 is 0.397 bits per heavy atom. The van der Waals surface area contributed by atoms with Crippen LogP contribution in [-0.2, 0) is 39.0 Å². The Kier molecular flexibility index (Phi) is 25.2. The molecule has 116 heavy (non-hydrogen) atoms. The van der Waals surface area contributed by atoms with Crippen LogP contribution in [0.4, 0.5) is 11.9 Å². The number of nitrogens with two attached hydrogens (primary N) is 2. The number of carboxylic acid groups (broad SMARTS) is 2. The number of hydrogen-bond acceptors (Lipinski definition) is 20. The number of aryl methyl sites for hydroxylation is 8. The van der Waals surface area contributed by atoms with Gasteiger partial charge in [-0.3, -0.25) is 67.3 Å². The van der Waals surface area contributed by atoms with Crippen molar-refractivity contribution >= 4 is 157 Å². The first-order chi connectivity index (χ1) is 53.9. The molecule has 0 saturated heterocycles. The molecule has 8 aromatic heterocycles. The molecule has 38 heteroatoms. The van der Waals surface area contributed by atoms with E-state index < -0.39 is 29.7 Å². The highest BCUT2D eigenvalue weighted by Crippen LogP contribution is 2.43. The monoisotopic (exact) mass is 1660 g/mol. The Morgan fingerprint density at radius 2 is 0.664 bits per heavy atom. The lowest BCUT2D eigenvalue weighted by Gasteiger charge is -2.27. The number of primary amides is 2. The molecule has 0 unspecified atom stereocenters. The molecule has 4 aliphatic heterocycles. The highest BCUT2D eigenvalue weighted by atomic mass is 32.1. The van der Waals surface area contributed by atoms with Crippen LogP contribution in [0.3, 0.4) is 0 Å². The zero-order valence-corrected chi connectivity index (χ0v) is 68.6. The summed E-state index contributed by atoms with van der Waals surface area (Å²) in [6.45, 7) is 18.0. The molecule has 4 amide bonds. The number of ketones is 2. The first-order valence-electron chi connectivity index (χ1n) is 36.8. The minimum atomic E-state index is -1.12. The molecule has 0 saturated carbocycles. The number of anilines is 2. The average Bonchev–Trinajstić information content (AvgIpc) is 1.61. The molecule has 12 heterocycles. The van der Waals surface area contributed by atoms with Gasteiger partial charge in [-0.2, -0.15) is 74.4 Å². The second kappa shape index (κ2) is 34.5. The minimum Gasteiger partial charge on any atom is -0.489 e. The zero-order chi connectivity index (χ0) is 78.8. The summed E-state index contributed by atoms with van der Waals surface area (Å²) in [6.07, 6.45) is 10.1. The molecular weight excluding hydrogens is 1570 g/mol. The molecule has 0 fully saturated rings. The highest BCUT2D eigenvalue weighted by Gasteiger charge is 2.36. The Morgan fingerprint density at radius 3 is 0.966 bits per heavy atom.